The fraction of sp³-hybridized carbons (Fsp3) is 1.00. The van der Waals surface area contributed by atoms with Crippen LogP contribution < -0.4 is 0 Å². The number of hydrogen-bond donors (Lipinski definition) is 1. The van der Waals surface area contributed by atoms with E-state index in [4.69, 9.17) is 4.55 Å². The third-order valence-electron chi connectivity index (χ3n) is 2.17. The molecule has 0 spiro atoms. The Morgan fingerprint density at radius 1 is 1.13 bits per heavy atom. The zero-order valence-corrected chi connectivity index (χ0v) is 11.2. The third-order valence-corrected chi connectivity index (χ3v) is 5.50. The number of unbranched alkanes of at least 4 members (excludes halogenated alkanes) is 2. The van der Waals surface area contributed by atoms with Crippen molar-refractivity contribution in [3.05, 3.63) is 0 Å². The molecule has 0 amide bonds. The first-order valence-electron chi connectivity index (χ1n) is 4.96. The summed E-state index contributed by atoms with van der Waals surface area (Å²) < 4.78 is 41.4. The van der Waals surface area contributed by atoms with Crippen LogP contribution in [0.2, 0.25) is 0 Å². The summed E-state index contributed by atoms with van der Waals surface area (Å²) in [6.45, 7) is 5.06. The van der Waals surface area contributed by atoms with Crippen molar-refractivity contribution in [3.8, 4) is 0 Å². The van der Waals surface area contributed by atoms with Crippen LogP contribution in [0, 0.1) is 0 Å². The molecule has 0 radical (unpaired) electrons. The lowest BCUT2D eigenvalue weighted by molar-refractivity contribution is 0.553. The predicted octanol–water partition coefficient (Wildman–Crippen LogP) is 1.59. The largest absolute Gasteiger partial charge is 0.306 e. The number of sulfone groups is 1. The Hall–Kier alpha value is 0.0600. The maximum atomic E-state index is 11.6. The summed E-state index contributed by atoms with van der Waals surface area (Å²) in [4.78, 5) is 0. The summed E-state index contributed by atoms with van der Waals surface area (Å²) in [5.74, 6) is 0.393. The molecule has 0 aliphatic rings. The van der Waals surface area contributed by atoms with Crippen LogP contribution in [0.4, 0.5) is 0 Å². The molecule has 92 valence electrons. The second-order valence-electron chi connectivity index (χ2n) is 4.52. The summed E-state index contributed by atoms with van der Waals surface area (Å²) in [5, 5.41) is 0. The highest BCUT2D eigenvalue weighted by Gasteiger charge is 2.27. The third kappa shape index (κ3) is 6.27. The topological polar surface area (TPSA) is 71.4 Å². The second kappa shape index (κ2) is 5.96. The maximum absolute atomic E-state index is 11.6. The lowest BCUT2D eigenvalue weighted by Crippen LogP contribution is -2.30. The first-order valence-corrected chi connectivity index (χ1v) is 7.89. The van der Waals surface area contributed by atoms with Crippen molar-refractivity contribution in [3.63, 3.8) is 0 Å². The van der Waals surface area contributed by atoms with Crippen LogP contribution in [0.1, 0.15) is 40.0 Å². The number of hydrogen-bond acceptors (Lipinski definition) is 3. The average Bonchev–Trinajstić information content (AvgIpc) is 2.00. The van der Waals surface area contributed by atoms with Gasteiger partial charge >= 0.3 is 0 Å². The van der Waals surface area contributed by atoms with Gasteiger partial charge in [0.15, 0.2) is 20.9 Å². The minimum Gasteiger partial charge on any atom is -0.306 e. The van der Waals surface area contributed by atoms with Crippen molar-refractivity contribution in [1.29, 1.82) is 0 Å². The first kappa shape index (κ1) is 15.1. The molecule has 1 N–H and O–H groups in total. The normalized spacial score (nSPS) is 15.2. The molecule has 1 unspecified atom stereocenters. The molecular formula is C9H20O4S2. The van der Waals surface area contributed by atoms with Gasteiger partial charge in [0.05, 0.1) is 10.5 Å². The highest BCUT2D eigenvalue weighted by atomic mass is 32.2. The van der Waals surface area contributed by atoms with Crippen LogP contribution in [0.3, 0.4) is 0 Å². The minimum absolute atomic E-state index is 0.161. The zero-order valence-electron chi connectivity index (χ0n) is 9.52. The molecule has 4 nitrogen and oxygen atoms in total. The van der Waals surface area contributed by atoms with Gasteiger partial charge in [0.1, 0.15) is 0 Å². The summed E-state index contributed by atoms with van der Waals surface area (Å²) >= 11 is -1.76. The van der Waals surface area contributed by atoms with Crippen LogP contribution in [-0.4, -0.2) is 33.4 Å². The second-order valence-corrected chi connectivity index (χ2v) is 8.43. The van der Waals surface area contributed by atoms with Gasteiger partial charge in [0, 0.05) is 5.75 Å². The lowest BCUT2D eigenvalue weighted by atomic mass is 10.3. The minimum atomic E-state index is -3.04. The standard InChI is InChI=1S/C9H20O4S2/c1-9(2,3)15(12,13)8-6-4-5-7-14(10)11/h4-8H2,1-3H3,(H,10,11). The molecule has 15 heavy (non-hydrogen) atoms. The van der Waals surface area contributed by atoms with E-state index in [1.807, 2.05) is 0 Å². The van der Waals surface area contributed by atoms with E-state index < -0.39 is 25.7 Å². The maximum Gasteiger partial charge on any atom is 0.155 e. The molecule has 0 saturated heterocycles. The van der Waals surface area contributed by atoms with Crippen LogP contribution in [-0.2, 0) is 20.9 Å². The average molecular weight is 256 g/mol. The van der Waals surface area contributed by atoms with E-state index in [0.717, 1.165) is 0 Å². The SMILES string of the molecule is CC(C)(C)S(=O)(=O)CCCCCS(=O)O. The predicted molar refractivity (Wildman–Crippen MR) is 63.0 cm³/mol. The monoisotopic (exact) mass is 256 g/mol. The first-order chi connectivity index (χ1) is 6.67. The molecule has 0 aromatic rings. The molecule has 0 heterocycles. The molecule has 0 saturated carbocycles. The Morgan fingerprint density at radius 3 is 2.07 bits per heavy atom. The van der Waals surface area contributed by atoms with Crippen molar-refractivity contribution in [2.45, 2.75) is 44.8 Å². The molecule has 0 aliphatic carbocycles. The van der Waals surface area contributed by atoms with Gasteiger partial charge in [-0.2, -0.15) is 0 Å². The Bertz CT molecular complexity index is 301. The van der Waals surface area contributed by atoms with Crippen molar-refractivity contribution >= 4 is 20.9 Å². The van der Waals surface area contributed by atoms with E-state index in [9.17, 15) is 12.6 Å². The highest BCUT2D eigenvalue weighted by Crippen LogP contribution is 2.17. The zero-order chi connectivity index (χ0) is 12.1. The summed E-state index contributed by atoms with van der Waals surface area (Å²) in [6, 6.07) is 0. The van der Waals surface area contributed by atoms with Crippen LogP contribution in [0.15, 0.2) is 0 Å². The Labute approximate surface area is 94.7 Å². The van der Waals surface area contributed by atoms with E-state index in [-0.39, 0.29) is 11.5 Å². The molecule has 6 heteroatoms. The molecule has 1 atom stereocenters. The van der Waals surface area contributed by atoms with Gasteiger partial charge in [-0.05, 0) is 33.6 Å². The Morgan fingerprint density at radius 2 is 1.67 bits per heavy atom. The van der Waals surface area contributed by atoms with Crippen LogP contribution in [0.5, 0.6) is 0 Å². The molecule has 0 aliphatic heterocycles. The van der Waals surface area contributed by atoms with Gasteiger partial charge in [0.25, 0.3) is 0 Å². The van der Waals surface area contributed by atoms with E-state index in [2.05, 4.69) is 0 Å². The van der Waals surface area contributed by atoms with Crippen LogP contribution >= 0.6 is 0 Å². The summed E-state index contributed by atoms with van der Waals surface area (Å²) in [5.41, 5.74) is 0. The summed E-state index contributed by atoms with van der Waals surface area (Å²) in [6.07, 6.45) is 1.85. The van der Waals surface area contributed by atoms with Crippen molar-refractivity contribution in [1.82, 2.24) is 0 Å². The lowest BCUT2D eigenvalue weighted by Gasteiger charge is -2.18. The fourth-order valence-electron chi connectivity index (χ4n) is 1.00. The molecular weight excluding hydrogens is 236 g/mol. The van der Waals surface area contributed by atoms with Crippen molar-refractivity contribution in [2.24, 2.45) is 0 Å². The van der Waals surface area contributed by atoms with Gasteiger partial charge in [-0.25, -0.2) is 12.6 Å². The van der Waals surface area contributed by atoms with Crippen molar-refractivity contribution in [2.75, 3.05) is 11.5 Å². The Kier molecular flexibility index (Phi) is 5.98. The molecule has 0 fully saturated rings. The quantitative estimate of drug-likeness (QED) is 0.578. The van der Waals surface area contributed by atoms with Crippen LogP contribution in [0.25, 0.3) is 0 Å². The molecule has 0 bridgehead atoms. The highest BCUT2D eigenvalue weighted by molar-refractivity contribution is 7.92. The smallest absolute Gasteiger partial charge is 0.155 e. The molecule has 0 aromatic carbocycles. The molecule has 0 aromatic heterocycles. The van der Waals surface area contributed by atoms with Crippen molar-refractivity contribution < 1.29 is 17.2 Å². The number of rotatable bonds is 6. The molecule has 0 rings (SSSR count). The van der Waals surface area contributed by atoms with E-state index in [1.165, 1.54) is 0 Å². The van der Waals surface area contributed by atoms with Gasteiger partial charge in [-0.15, -0.1) is 0 Å². The van der Waals surface area contributed by atoms with E-state index in [1.54, 1.807) is 20.8 Å². The fourth-order valence-corrected chi connectivity index (χ4v) is 2.65. The van der Waals surface area contributed by atoms with Gasteiger partial charge in [-0.1, -0.05) is 6.42 Å². The summed E-state index contributed by atoms with van der Waals surface area (Å²) in [7, 11) is -3.04. The van der Waals surface area contributed by atoms with E-state index in [0.29, 0.717) is 19.3 Å². The van der Waals surface area contributed by atoms with Gasteiger partial charge in [0.2, 0.25) is 0 Å². The Balaban J connectivity index is 3.83. The van der Waals surface area contributed by atoms with E-state index >= 15 is 0 Å². The van der Waals surface area contributed by atoms with Gasteiger partial charge < -0.3 is 4.55 Å². The van der Waals surface area contributed by atoms with Gasteiger partial charge in [-0.3, -0.25) is 0 Å².